The van der Waals surface area contributed by atoms with E-state index in [0.717, 1.165) is 48.7 Å². The molecular formula is C23H24Cl3NO6. The number of aliphatic carboxylic acids is 1. The van der Waals surface area contributed by atoms with Crippen LogP contribution < -0.4 is 14.2 Å². The van der Waals surface area contributed by atoms with Crippen LogP contribution in [0.25, 0.3) is 0 Å². The average Bonchev–Trinajstić information content (AvgIpc) is 3.11. The van der Waals surface area contributed by atoms with Gasteiger partial charge in [0.05, 0.1) is 10.0 Å². The number of fused-ring (bicyclic) bond motifs is 1. The van der Waals surface area contributed by atoms with E-state index in [1.54, 1.807) is 0 Å². The fourth-order valence-electron chi connectivity index (χ4n) is 4.23. The number of likely N-dealkylation sites (tertiary alicyclic amines) is 1. The van der Waals surface area contributed by atoms with Crippen LogP contribution in [0, 0.1) is 0 Å². The molecule has 178 valence electrons. The number of ether oxygens (including phenoxy) is 3. The van der Waals surface area contributed by atoms with E-state index in [1.165, 1.54) is 12.1 Å². The minimum Gasteiger partial charge on any atom is -0.489 e. The number of carboxylic acid groups (broad SMARTS) is 1. The summed E-state index contributed by atoms with van der Waals surface area (Å²) in [4.78, 5) is 12.9. The molecule has 0 aliphatic carbocycles. The molecule has 10 heteroatoms. The average molecular weight is 517 g/mol. The third-order valence-electron chi connectivity index (χ3n) is 5.87. The van der Waals surface area contributed by atoms with E-state index in [-0.39, 0.29) is 33.8 Å². The quantitative estimate of drug-likeness (QED) is 0.540. The summed E-state index contributed by atoms with van der Waals surface area (Å²) in [6, 6.07) is 8.59. The highest BCUT2D eigenvalue weighted by Gasteiger charge is 2.42. The Morgan fingerprint density at radius 2 is 1.79 bits per heavy atom. The van der Waals surface area contributed by atoms with Crippen LogP contribution in [0.5, 0.6) is 17.2 Å². The fourth-order valence-corrected chi connectivity index (χ4v) is 4.92. The lowest BCUT2D eigenvalue weighted by Gasteiger charge is -2.39. The molecule has 1 atom stereocenters. The lowest BCUT2D eigenvalue weighted by atomic mass is 9.87. The summed E-state index contributed by atoms with van der Waals surface area (Å²) in [6.45, 7) is 1.52. The molecule has 2 aromatic rings. The van der Waals surface area contributed by atoms with Gasteiger partial charge in [0.1, 0.15) is 35.6 Å². The number of nitrogens with zero attached hydrogens (tertiary/aromatic N) is 1. The molecule has 2 N–H and O–H groups in total. The molecule has 1 saturated heterocycles. The first-order valence-corrected chi connectivity index (χ1v) is 11.7. The maximum absolute atomic E-state index is 10.7. The van der Waals surface area contributed by atoms with Crippen molar-refractivity contribution < 1.29 is 29.2 Å². The standard InChI is InChI=1S/C23H24Cl3NO6/c24-15-1-2-19-14(7-15)10-23(33-19)3-5-27(6-4-23)11-16(28)12-31-20-9-21(32-13-22(29)30)18(26)8-17(20)25/h1-2,7-9,16,28H,3-6,10-13H2,(H,29,30)/t16-/m0/s1. The first kappa shape index (κ1) is 24.2. The number of piperidine rings is 1. The van der Waals surface area contributed by atoms with Crippen LogP contribution in [0.2, 0.25) is 15.1 Å². The first-order chi connectivity index (χ1) is 15.7. The Labute approximate surface area is 206 Å². The Bertz CT molecular complexity index is 1030. The van der Waals surface area contributed by atoms with Gasteiger partial charge in [-0.15, -0.1) is 0 Å². The lowest BCUT2D eigenvalue weighted by Crippen LogP contribution is -2.49. The molecule has 4 rings (SSSR count). The molecule has 0 bridgehead atoms. The molecule has 7 nitrogen and oxygen atoms in total. The lowest BCUT2D eigenvalue weighted by molar-refractivity contribution is -0.139. The van der Waals surface area contributed by atoms with Crippen molar-refractivity contribution in [1.82, 2.24) is 4.90 Å². The number of benzene rings is 2. The van der Waals surface area contributed by atoms with Crippen LogP contribution >= 0.6 is 34.8 Å². The third kappa shape index (κ3) is 5.97. The third-order valence-corrected chi connectivity index (χ3v) is 6.69. The number of aliphatic hydroxyl groups excluding tert-OH is 1. The van der Waals surface area contributed by atoms with Gasteiger partial charge in [-0.05, 0) is 29.8 Å². The highest BCUT2D eigenvalue weighted by Crippen LogP contribution is 2.42. The molecule has 2 aromatic carbocycles. The summed E-state index contributed by atoms with van der Waals surface area (Å²) in [5, 5.41) is 20.4. The van der Waals surface area contributed by atoms with E-state index < -0.39 is 18.7 Å². The zero-order chi connectivity index (χ0) is 23.6. The topological polar surface area (TPSA) is 88.5 Å². The van der Waals surface area contributed by atoms with E-state index in [2.05, 4.69) is 4.90 Å². The molecule has 0 saturated carbocycles. The summed E-state index contributed by atoms with van der Waals surface area (Å²) in [5.41, 5.74) is 0.949. The van der Waals surface area contributed by atoms with Gasteiger partial charge in [0.2, 0.25) is 0 Å². The van der Waals surface area contributed by atoms with Crippen molar-refractivity contribution >= 4 is 40.8 Å². The maximum Gasteiger partial charge on any atom is 0.341 e. The summed E-state index contributed by atoms with van der Waals surface area (Å²) in [7, 11) is 0. The van der Waals surface area contributed by atoms with E-state index in [0.29, 0.717) is 6.54 Å². The van der Waals surface area contributed by atoms with E-state index in [4.69, 9.17) is 54.1 Å². The van der Waals surface area contributed by atoms with Crippen molar-refractivity contribution in [2.45, 2.75) is 31.0 Å². The highest BCUT2D eigenvalue weighted by atomic mass is 35.5. The van der Waals surface area contributed by atoms with Gasteiger partial charge in [0, 0.05) is 50.0 Å². The minimum absolute atomic E-state index is 0.0157. The largest absolute Gasteiger partial charge is 0.489 e. The van der Waals surface area contributed by atoms with Crippen molar-refractivity contribution in [3.8, 4) is 17.2 Å². The first-order valence-electron chi connectivity index (χ1n) is 10.6. The predicted molar refractivity (Wildman–Crippen MR) is 125 cm³/mol. The van der Waals surface area contributed by atoms with Crippen LogP contribution in [-0.4, -0.2) is 65.6 Å². The molecule has 1 spiro atoms. The van der Waals surface area contributed by atoms with E-state index in [9.17, 15) is 9.90 Å². The Hall–Kier alpha value is -1.90. The van der Waals surface area contributed by atoms with Crippen molar-refractivity contribution in [2.75, 3.05) is 32.8 Å². The van der Waals surface area contributed by atoms with Crippen LogP contribution in [0.3, 0.4) is 0 Å². The molecular weight excluding hydrogens is 493 g/mol. The monoisotopic (exact) mass is 515 g/mol. The molecule has 0 unspecified atom stereocenters. The number of hydrogen-bond acceptors (Lipinski definition) is 6. The summed E-state index contributed by atoms with van der Waals surface area (Å²) in [5.74, 6) is 0.188. The maximum atomic E-state index is 10.7. The molecule has 1 fully saturated rings. The van der Waals surface area contributed by atoms with Crippen LogP contribution in [-0.2, 0) is 11.2 Å². The van der Waals surface area contributed by atoms with Gasteiger partial charge in [0.15, 0.2) is 6.61 Å². The minimum atomic E-state index is -1.13. The summed E-state index contributed by atoms with van der Waals surface area (Å²) >= 11 is 18.3. The molecule has 0 amide bonds. The van der Waals surface area contributed by atoms with Crippen LogP contribution in [0.4, 0.5) is 0 Å². The van der Waals surface area contributed by atoms with Crippen molar-refractivity contribution in [2.24, 2.45) is 0 Å². The Morgan fingerprint density at radius 3 is 2.48 bits per heavy atom. The number of hydrogen-bond donors (Lipinski definition) is 2. The zero-order valence-corrected chi connectivity index (χ0v) is 20.0. The number of β-amino-alcohol motifs (C(OH)–C–C–N with tert-alkyl or cyclic N) is 1. The molecule has 2 aliphatic heterocycles. The van der Waals surface area contributed by atoms with Crippen molar-refractivity contribution in [3.05, 3.63) is 51.0 Å². The second kappa shape index (κ2) is 10.2. The Balaban J connectivity index is 1.26. The Morgan fingerprint density at radius 1 is 1.09 bits per heavy atom. The number of carboxylic acids is 1. The summed E-state index contributed by atoms with van der Waals surface area (Å²) < 4.78 is 17.1. The second-order valence-corrected chi connectivity index (χ2v) is 9.63. The van der Waals surface area contributed by atoms with Crippen LogP contribution in [0.1, 0.15) is 18.4 Å². The van der Waals surface area contributed by atoms with Gasteiger partial charge in [-0.2, -0.15) is 0 Å². The number of halogens is 3. The smallest absolute Gasteiger partial charge is 0.341 e. The van der Waals surface area contributed by atoms with Gasteiger partial charge in [-0.25, -0.2) is 4.79 Å². The SMILES string of the molecule is O=C(O)COc1cc(OC[C@@H](O)CN2CCC3(CC2)Cc2cc(Cl)ccc2O3)c(Cl)cc1Cl. The summed E-state index contributed by atoms with van der Waals surface area (Å²) in [6.07, 6.45) is 1.83. The van der Waals surface area contributed by atoms with Gasteiger partial charge >= 0.3 is 5.97 Å². The van der Waals surface area contributed by atoms with Gasteiger partial charge in [-0.1, -0.05) is 34.8 Å². The number of carbonyl (C=O) groups is 1. The molecule has 2 heterocycles. The predicted octanol–water partition coefficient (Wildman–Crippen LogP) is 4.32. The van der Waals surface area contributed by atoms with Gasteiger partial charge in [-0.3, -0.25) is 0 Å². The zero-order valence-electron chi connectivity index (χ0n) is 17.7. The van der Waals surface area contributed by atoms with E-state index >= 15 is 0 Å². The number of rotatable bonds is 8. The van der Waals surface area contributed by atoms with E-state index in [1.807, 2.05) is 18.2 Å². The van der Waals surface area contributed by atoms with Crippen molar-refractivity contribution in [3.63, 3.8) is 0 Å². The van der Waals surface area contributed by atoms with Gasteiger partial charge in [0.25, 0.3) is 0 Å². The molecule has 0 aromatic heterocycles. The molecule has 33 heavy (non-hydrogen) atoms. The second-order valence-electron chi connectivity index (χ2n) is 8.37. The normalized spacial score (nSPS) is 17.9. The fraction of sp³-hybridized carbons (Fsp3) is 0.435. The van der Waals surface area contributed by atoms with Crippen LogP contribution in [0.15, 0.2) is 30.3 Å². The molecule has 2 aliphatic rings. The molecule has 0 radical (unpaired) electrons. The Kier molecular flexibility index (Phi) is 7.46. The van der Waals surface area contributed by atoms with Gasteiger partial charge < -0.3 is 29.3 Å². The highest BCUT2D eigenvalue weighted by molar-refractivity contribution is 6.36. The van der Waals surface area contributed by atoms with Crippen molar-refractivity contribution in [1.29, 1.82) is 0 Å². The number of aliphatic hydroxyl groups is 1.